The maximum atomic E-state index is 13.2. The van der Waals surface area contributed by atoms with Gasteiger partial charge in [-0.15, -0.1) is 0 Å². The van der Waals surface area contributed by atoms with Gasteiger partial charge in [0.1, 0.15) is 17.1 Å². The van der Waals surface area contributed by atoms with E-state index in [2.05, 4.69) is 5.32 Å². The third-order valence-corrected chi connectivity index (χ3v) is 6.56. The van der Waals surface area contributed by atoms with E-state index in [1.807, 2.05) is 38.1 Å². The first-order valence-electron chi connectivity index (χ1n) is 9.96. The van der Waals surface area contributed by atoms with Crippen molar-refractivity contribution >= 4 is 21.6 Å². The normalized spacial score (nSPS) is 22.6. The van der Waals surface area contributed by atoms with Crippen LogP contribution >= 0.6 is 0 Å². The van der Waals surface area contributed by atoms with E-state index in [9.17, 15) is 13.2 Å². The van der Waals surface area contributed by atoms with Gasteiger partial charge in [0.2, 0.25) is 10.0 Å². The molecule has 2 heterocycles. The predicted octanol–water partition coefficient (Wildman–Crippen LogP) is 3.02. The van der Waals surface area contributed by atoms with Gasteiger partial charge in [0, 0.05) is 24.9 Å². The standard InChI is InChI=1S/C22H26N2O5S/c1-22(2)14-16(15-8-4-6-10-18(15)29-22)23-21(25)20-12-13-24(30(3,26)27)17-9-5-7-11-19(17)28-20/h4-11,16,20H,12-14H2,1-3H3,(H,23,25). The number of fused-ring (bicyclic) bond motifs is 2. The Morgan fingerprint density at radius 1 is 1.10 bits per heavy atom. The highest BCUT2D eigenvalue weighted by molar-refractivity contribution is 7.92. The second kappa shape index (κ2) is 7.50. The molecule has 160 valence electrons. The second-order valence-electron chi connectivity index (χ2n) is 8.36. The highest BCUT2D eigenvalue weighted by atomic mass is 32.2. The minimum absolute atomic E-state index is 0.170. The number of nitrogens with zero attached hydrogens (tertiary/aromatic N) is 1. The van der Waals surface area contributed by atoms with Gasteiger partial charge in [-0.25, -0.2) is 8.42 Å². The van der Waals surface area contributed by atoms with Crippen LogP contribution in [0.5, 0.6) is 11.5 Å². The van der Waals surface area contributed by atoms with Crippen LogP contribution in [0.25, 0.3) is 0 Å². The highest BCUT2D eigenvalue weighted by Gasteiger charge is 2.37. The number of benzene rings is 2. The van der Waals surface area contributed by atoms with Crippen LogP contribution in [0.15, 0.2) is 48.5 Å². The zero-order valence-corrected chi connectivity index (χ0v) is 18.1. The number of para-hydroxylation sites is 3. The van der Waals surface area contributed by atoms with Crippen molar-refractivity contribution in [2.45, 2.75) is 44.4 Å². The Kier molecular flexibility index (Phi) is 5.13. The fraction of sp³-hybridized carbons (Fsp3) is 0.409. The first-order valence-corrected chi connectivity index (χ1v) is 11.8. The van der Waals surface area contributed by atoms with Crippen LogP contribution in [-0.2, 0) is 14.8 Å². The molecule has 0 saturated carbocycles. The van der Waals surface area contributed by atoms with Crippen molar-refractivity contribution in [2.75, 3.05) is 17.1 Å². The number of carbonyl (C=O) groups is 1. The van der Waals surface area contributed by atoms with Crippen molar-refractivity contribution in [3.63, 3.8) is 0 Å². The number of sulfonamides is 1. The Hall–Kier alpha value is -2.74. The summed E-state index contributed by atoms with van der Waals surface area (Å²) < 4.78 is 37.8. The average molecular weight is 431 g/mol. The van der Waals surface area contributed by atoms with E-state index < -0.39 is 21.7 Å². The topological polar surface area (TPSA) is 84.9 Å². The molecular formula is C22H26N2O5S. The molecule has 8 heteroatoms. The lowest BCUT2D eigenvalue weighted by molar-refractivity contribution is -0.129. The Bertz CT molecular complexity index is 1070. The monoisotopic (exact) mass is 430 g/mol. The Morgan fingerprint density at radius 3 is 2.50 bits per heavy atom. The van der Waals surface area contributed by atoms with Crippen molar-refractivity contribution < 1.29 is 22.7 Å². The molecule has 0 aromatic heterocycles. The van der Waals surface area contributed by atoms with Gasteiger partial charge in [-0.3, -0.25) is 9.10 Å². The number of hydrogen-bond donors (Lipinski definition) is 1. The zero-order chi connectivity index (χ0) is 21.5. The van der Waals surface area contributed by atoms with Crippen molar-refractivity contribution in [1.29, 1.82) is 0 Å². The van der Waals surface area contributed by atoms with Crippen molar-refractivity contribution in [1.82, 2.24) is 5.32 Å². The summed E-state index contributed by atoms with van der Waals surface area (Å²) in [7, 11) is -3.49. The summed E-state index contributed by atoms with van der Waals surface area (Å²) in [5.74, 6) is 0.875. The van der Waals surface area contributed by atoms with E-state index in [0.29, 0.717) is 17.9 Å². The summed E-state index contributed by atoms with van der Waals surface area (Å²) >= 11 is 0. The van der Waals surface area contributed by atoms with Crippen LogP contribution < -0.4 is 19.1 Å². The van der Waals surface area contributed by atoms with Crippen LogP contribution in [0.4, 0.5) is 5.69 Å². The van der Waals surface area contributed by atoms with Crippen molar-refractivity contribution in [3.8, 4) is 11.5 Å². The van der Waals surface area contributed by atoms with E-state index in [4.69, 9.17) is 9.47 Å². The molecule has 1 N–H and O–H groups in total. The van der Waals surface area contributed by atoms with Gasteiger partial charge >= 0.3 is 0 Å². The van der Waals surface area contributed by atoms with Crippen LogP contribution in [0.3, 0.4) is 0 Å². The molecule has 2 aromatic rings. The maximum absolute atomic E-state index is 13.2. The molecule has 2 atom stereocenters. The number of anilines is 1. The number of rotatable bonds is 3. The van der Waals surface area contributed by atoms with Gasteiger partial charge in [-0.2, -0.15) is 0 Å². The maximum Gasteiger partial charge on any atom is 0.261 e. The minimum Gasteiger partial charge on any atom is -0.487 e. The minimum atomic E-state index is -3.49. The third-order valence-electron chi connectivity index (χ3n) is 5.38. The predicted molar refractivity (Wildman–Crippen MR) is 114 cm³/mol. The van der Waals surface area contributed by atoms with Crippen LogP contribution in [-0.4, -0.2) is 38.8 Å². The molecule has 0 bridgehead atoms. The number of carbonyl (C=O) groups excluding carboxylic acids is 1. The molecule has 0 fully saturated rings. The number of hydrogen-bond acceptors (Lipinski definition) is 5. The van der Waals surface area contributed by atoms with E-state index in [1.165, 1.54) is 4.31 Å². The molecule has 1 amide bonds. The molecule has 0 aliphatic carbocycles. The molecule has 2 aromatic carbocycles. The molecule has 0 radical (unpaired) electrons. The summed E-state index contributed by atoms with van der Waals surface area (Å²) in [6, 6.07) is 14.3. The Balaban J connectivity index is 1.58. The van der Waals surface area contributed by atoms with E-state index in [-0.39, 0.29) is 24.9 Å². The summed E-state index contributed by atoms with van der Waals surface area (Å²) in [4.78, 5) is 13.2. The number of nitrogens with one attached hydrogen (secondary N) is 1. The number of amides is 1. The second-order valence-corrected chi connectivity index (χ2v) is 10.3. The Morgan fingerprint density at radius 2 is 1.77 bits per heavy atom. The first-order chi connectivity index (χ1) is 14.1. The highest BCUT2D eigenvalue weighted by Crippen LogP contribution is 2.39. The summed E-state index contributed by atoms with van der Waals surface area (Å²) in [5.41, 5.74) is 0.959. The lowest BCUT2D eigenvalue weighted by Gasteiger charge is -2.38. The molecule has 7 nitrogen and oxygen atoms in total. The molecule has 0 saturated heterocycles. The molecule has 0 spiro atoms. The van der Waals surface area contributed by atoms with Gasteiger partial charge in [-0.1, -0.05) is 30.3 Å². The third kappa shape index (κ3) is 4.09. The van der Waals surface area contributed by atoms with E-state index in [1.54, 1.807) is 24.3 Å². The summed E-state index contributed by atoms with van der Waals surface area (Å²) in [6.45, 7) is 4.15. The van der Waals surface area contributed by atoms with Crippen LogP contribution in [0, 0.1) is 0 Å². The molecule has 30 heavy (non-hydrogen) atoms. The fourth-order valence-electron chi connectivity index (χ4n) is 4.05. The molecule has 4 rings (SSSR count). The molecule has 2 aliphatic heterocycles. The average Bonchev–Trinajstić information content (AvgIpc) is 2.86. The van der Waals surface area contributed by atoms with Gasteiger partial charge in [0.05, 0.1) is 18.0 Å². The fourth-order valence-corrected chi connectivity index (χ4v) is 5.00. The van der Waals surface area contributed by atoms with Gasteiger partial charge < -0.3 is 14.8 Å². The summed E-state index contributed by atoms with van der Waals surface area (Å²) in [6.07, 6.45) is 1.23. The molecule has 2 unspecified atom stereocenters. The summed E-state index contributed by atoms with van der Waals surface area (Å²) in [5, 5.41) is 3.10. The van der Waals surface area contributed by atoms with E-state index >= 15 is 0 Å². The molecular weight excluding hydrogens is 404 g/mol. The first kappa shape index (κ1) is 20.5. The van der Waals surface area contributed by atoms with Gasteiger partial charge in [0.25, 0.3) is 5.91 Å². The van der Waals surface area contributed by atoms with Crippen LogP contribution in [0.1, 0.15) is 38.3 Å². The van der Waals surface area contributed by atoms with Crippen molar-refractivity contribution in [2.24, 2.45) is 0 Å². The van der Waals surface area contributed by atoms with Crippen LogP contribution in [0.2, 0.25) is 0 Å². The lowest BCUT2D eigenvalue weighted by Crippen LogP contribution is -2.46. The van der Waals surface area contributed by atoms with E-state index in [0.717, 1.165) is 17.6 Å². The smallest absolute Gasteiger partial charge is 0.261 e. The Labute approximate surface area is 177 Å². The van der Waals surface area contributed by atoms with Gasteiger partial charge in [0.15, 0.2) is 6.10 Å². The largest absolute Gasteiger partial charge is 0.487 e. The van der Waals surface area contributed by atoms with Crippen molar-refractivity contribution in [3.05, 3.63) is 54.1 Å². The quantitative estimate of drug-likeness (QED) is 0.809. The SMILES string of the molecule is CC1(C)CC(NC(=O)C2CCN(S(C)(=O)=O)c3ccccc3O2)c2ccccc2O1. The zero-order valence-electron chi connectivity index (χ0n) is 17.3. The lowest BCUT2D eigenvalue weighted by atomic mass is 9.89. The van der Waals surface area contributed by atoms with Gasteiger partial charge in [-0.05, 0) is 32.0 Å². The molecule has 2 aliphatic rings. The number of ether oxygens (including phenoxy) is 2.